The van der Waals surface area contributed by atoms with Gasteiger partial charge in [-0.3, -0.25) is 4.79 Å². The lowest BCUT2D eigenvalue weighted by Gasteiger charge is -2.35. The van der Waals surface area contributed by atoms with Gasteiger partial charge in [-0.2, -0.15) is 0 Å². The van der Waals surface area contributed by atoms with Crippen LogP contribution in [0.25, 0.3) is 0 Å². The van der Waals surface area contributed by atoms with Crippen LogP contribution in [0.4, 0.5) is 5.69 Å². The van der Waals surface area contributed by atoms with E-state index in [0.717, 1.165) is 12.1 Å². The minimum atomic E-state index is -0.292. The third kappa shape index (κ3) is 4.12. The first kappa shape index (κ1) is 16.6. The van der Waals surface area contributed by atoms with Crippen LogP contribution in [0.1, 0.15) is 40.0 Å². The summed E-state index contributed by atoms with van der Waals surface area (Å²) < 4.78 is 5.03. The number of anilines is 1. The fraction of sp³-hybridized carbons (Fsp3) is 0.647. The number of nitrogens with one attached hydrogen (secondary N) is 2. The van der Waals surface area contributed by atoms with E-state index in [1.54, 1.807) is 19.4 Å². The summed E-state index contributed by atoms with van der Waals surface area (Å²) in [5.41, 5.74) is 0.813. The quantitative estimate of drug-likeness (QED) is 0.878. The lowest BCUT2D eigenvalue weighted by molar-refractivity contribution is -0.122. The van der Waals surface area contributed by atoms with Gasteiger partial charge in [0.2, 0.25) is 11.8 Å². The Bertz CT molecular complexity index is 489. The van der Waals surface area contributed by atoms with Crippen LogP contribution in [0.2, 0.25) is 0 Å². The zero-order valence-corrected chi connectivity index (χ0v) is 13.9. The molecule has 2 N–H and O–H groups in total. The molecule has 0 saturated heterocycles. The minimum Gasteiger partial charge on any atom is -0.481 e. The molecular formula is C17H27N3O2. The third-order valence-corrected chi connectivity index (χ3v) is 4.76. The molecule has 1 aromatic rings. The summed E-state index contributed by atoms with van der Waals surface area (Å²) in [5.74, 6) is 1.81. The Kier molecular flexibility index (Phi) is 5.63. The van der Waals surface area contributed by atoms with Crippen LogP contribution in [0, 0.1) is 11.8 Å². The summed E-state index contributed by atoms with van der Waals surface area (Å²) in [4.78, 5) is 16.5. The van der Waals surface area contributed by atoms with Crippen LogP contribution < -0.4 is 15.4 Å². The normalized spacial score (nSPS) is 26.1. The Hall–Kier alpha value is -1.78. The number of pyridine rings is 1. The number of aromatic nitrogens is 1. The van der Waals surface area contributed by atoms with Gasteiger partial charge in [0, 0.05) is 12.1 Å². The lowest BCUT2D eigenvalue weighted by atomic mass is 9.78. The van der Waals surface area contributed by atoms with Gasteiger partial charge in [-0.05, 0) is 31.2 Å². The number of carbonyl (C=O) groups is 1. The van der Waals surface area contributed by atoms with Gasteiger partial charge in [0.05, 0.1) is 19.0 Å². The lowest BCUT2D eigenvalue weighted by Crippen LogP contribution is -2.48. The predicted octanol–water partition coefficient (Wildman–Crippen LogP) is 2.83. The maximum atomic E-state index is 12.4. The highest BCUT2D eigenvalue weighted by Gasteiger charge is 2.29. The molecule has 22 heavy (non-hydrogen) atoms. The molecule has 5 nitrogen and oxygen atoms in total. The molecule has 0 aliphatic heterocycles. The van der Waals surface area contributed by atoms with Crippen molar-refractivity contribution in [3.8, 4) is 5.88 Å². The highest BCUT2D eigenvalue weighted by molar-refractivity contribution is 5.84. The van der Waals surface area contributed by atoms with Crippen LogP contribution in [-0.4, -0.2) is 30.1 Å². The van der Waals surface area contributed by atoms with E-state index >= 15 is 0 Å². The van der Waals surface area contributed by atoms with Gasteiger partial charge in [0.25, 0.3) is 0 Å². The first-order valence-electron chi connectivity index (χ1n) is 8.08. The molecule has 4 atom stereocenters. The Balaban J connectivity index is 1.88. The van der Waals surface area contributed by atoms with Crippen molar-refractivity contribution in [3.05, 3.63) is 18.3 Å². The second kappa shape index (κ2) is 7.47. The molecule has 0 radical (unpaired) electrons. The molecule has 4 unspecified atom stereocenters. The zero-order valence-electron chi connectivity index (χ0n) is 13.9. The number of hydrogen-bond donors (Lipinski definition) is 2. The molecule has 1 aliphatic carbocycles. The highest BCUT2D eigenvalue weighted by atomic mass is 16.5. The average Bonchev–Trinajstić information content (AvgIpc) is 2.52. The molecule has 2 rings (SSSR count). The molecule has 1 fully saturated rings. The standard InChI is InChI=1S/C17H27N3O2/c1-11-6-5-7-15(12(11)2)20-17(21)13(3)19-14-8-9-16(22-4)18-10-14/h8-13,15,19H,5-7H2,1-4H3,(H,20,21). The third-order valence-electron chi connectivity index (χ3n) is 4.76. The van der Waals surface area contributed by atoms with Crippen LogP contribution >= 0.6 is 0 Å². The summed E-state index contributed by atoms with van der Waals surface area (Å²) in [6.45, 7) is 6.38. The summed E-state index contributed by atoms with van der Waals surface area (Å²) in [5, 5.41) is 6.37. The van der Waals surface area contributed by atoms with Crippen molar-refractivity contribution in [2.45, 2.75) is 52.1 Å². The van der Waals surface area contributed by atoms with E-state index in [9.17, 15) is 4.79 Å². The Morgan fingerprint density at radius 1 is 1.36 bits per heavy atom. The number of amides is 1. The molecule has 1 amide bonds. The number of methoxy groups -OCH3 is 1. The Labute approximate surface area is 132 Å². The molecule has 1 aromatic heterocycles. The van der Waals surface area contributed by atoms with E-state index in [-0.39, 0.29) is 18.0 Å². The number of ether oxygens (including phenoxy) is 1. The topological polar surface area (TPSA) is 63.2 Å². The number of carbonyl (C=O) groups excluding carboxylic acids is 1. The van der Waals surface area contributed by atoms with E-state index in [2.05, 4.69) is 29.5 Å². The SMILES string of the molecule is COc1ccc(NC(C)C(=O)NC2CCCC(C)C2C)cn1. The number of nitrogens with zero attached hydrogens (tertiary/aromatic N) is 1. The fourth-order valence-electron chi connectivity index (χ4n) is 3.00. The van der Waals surface area contributed by atoms with E-state index in [1.165, 1.54) is 12.8 Å². The van der Waals surface area contributed by atoms with Gasteiger partial charge in [0.15, 0.2) is 0 Å². The van der Waals surface area contributed by atoms with Gasteiger partial charge < -0.3 is 15.4 Å². The van der Waals surface area contributed by atoms with Crippen LogP contribution in [0.15, 0.2) is 18.3 Å². The molecule has 5 heteroatoms. The van der Waals surface area contributed by atoms with Gasteiger partial charge in [-0.15, -0.1) is 0 Å². The van der Waals surface area contributed by atoms with Crippen molar-refractivity contribution in [1.82, 2.24) is 10.3 Å². The second-order valence-electron chi connectivity index (χ2n) is 6.34. The van der Waals surface area contributed by atoms with Crippen molar-refractivity contribution in [2.75, 3.05) is 12.4 Å². The molecule has 1 aliphatic rings. The largest absolute Gasteiger partial charge is 0.481 e. The monoisotopic (exact) mass is 305 g/mol. The molecular weight excluding hydrogens is 278 g/mol. The maximum absolute atomic E-state index is 12.4. The molecule has 1 saturated carbocycles. The molecule has 122 valence electrons. The minimum absolute atomic E-state index is 0.0433. The van der Waals surface area contributed by atoms with E-state index in [1.807, 2.05) is 13.0 Å². The first-order valence-corrected chi connectivity index (χ1v) is 8.08. The molecule has 0 aromatic carbocycles. The Morgan fingerprint density at radius 2 is 2.14 bits per heavy atom. The van der Waals surface area contributed by atoms with E-state index < -0.39 is 0 Å². The fourth-order valence-corrected chi connectivity index (χ4v) is 3.00. The number of rotatable bonds is 5. The average molecular weight is 305 g/mol. The van der Waals surface area contributed by atoms with Gasteiger partial charge in [-0.1, -0.05) is 26.7 Å². The second-order valence-corrected chi connectivity index (χ2v) is 6.34. The summed E-state index contributed by atoms with van der Waals surface area (Å²) in [6.07, 6.45) is 5.21. The summed E-state index contributed by atoms with van der Waals surface area (Å²) in [7, 11) is 1.58. The smallest absolute Gasteiger partial charge is 0.242 e. The molecule has 1 heterocycles. The van der Waals surface area contributed by atoms with Gasteiger partial charge in [-0.25, -0.2) is 4.98 Å². The van der Waals surface area contributed by atoms with Crippen molar-refractivity contribution in [3.63, 3.8) is 0 Å². The summed E-state index contributed by atoms with van der Waals surface area (Å²) in [6, 6.07) is 3.63. The van der Waals surface area contributed by atoms with Gasteiger partial charge in [0.1, 0.15) is 6.04 Å². The van der Waals surface area contributed by atoms with Crippen molar-refractivity contribution < 1.29 is 9.53 Å². The van der Waals surface area contributed by atoms with E-state index in [0.29, 0.717) is 17.7 Å². The van der Waals surface area contributed by atoms with Crippen LogP contribution in [0.5, 0.6) is 5.88 Å². The predicted molar refractivity (Wildman–Crippen MR) is 88.0 cm³/mol. The highest BCUT2D eigenvalue weighted by Crippen LogP contribution is 2.29. The molecule has 0 bridgehead atoms. The van der Waals surface area contributed by atoms with Crippen LogP contribution in [0.3, 0.4) is 0 Å². The first-order chi connectivity index (χ1) is 10.5. The van der Waals surface area contributed by atoms with Crippen LogP contribution in [-0.2, 0) is 4.79 Å². The summed E-state index contributed by atoms with van der Waals surface area (Å²) >= 11 is 0. The van der Waals surface area contributed by atoms with Crippen molar-refractivity contribution in [1.29, 1.82) is 0 Å². The van der Waals surface area contributed by atoms with Gasteiger partial charge >= 0.3 is 0 Å². The molecule has 0 spiro atoms. The van der Waals surface area contributed by atoms with Crippen molar-refractivity contribution >= 4 is 11.6 Å². The zero-order chi connectivity index (χ0) is 16.1. The maximum Gasteiger partial charge on any atom is 0.242 e. The number of hydrogen-bond acceptors (Lipinski definition) is 4. The van der Waals surface area contributed by atoms with E-state index in [4.69, 9.17) is 4.74 Å². The van der Waals surface area contributed by atoms with Crippen molar-refractivity contribution in [2.24, 2.45) is 11.8 Å². The Morgan fingerprint density at radius 3 is 2.77 bits per heavy atom.